The zero-order chi connectivity index (χ0) is 15.7. The molecule has 116 valence electrons. The van der Waals surface area contributed by atoms with Gasteiger partial charge in [-0.15, -0.1) is 0 Å². The van der Waals surface area contributed by atoms with E-state index in [0.29, 0.717) is 18.0 Å². The first-order valence-corrected chi connectivity index (χ1v) is 8.53. The molecule has 0 radical (unpaired) electrons. The number of nitrogens with one attached hydrogen (secondary N) is 1. The Kier molecular flexibility index (Phi) is 4.35. The van der Waals surface area contributed by atoms with Crippen molar-refractivity contribution in [1.82, 2.24) is 5.32 Å². The van der Waals surface area contributed by atoms with Gasteiger partial charge in [0.2, 0.25) is 0 Å². The average Bonchev–Trinajstić information content (AvgIpc) is 2.54. The van der Waals surface area contributed by atoms with Gasteiger partial charge < -0.3 is 5.32 Å². The van der Waals surface area contributed by atoms with Crippen molar-refractivity contribution in [2.24, 2.45) is 0 Å². The fourth-order valence-corrected chi connectivity index (χ4v) is 3.37. The van der Waals surface area contributed by atoms with Crippen LogP contribution in [0.15, 0.2) is 42.5 Å². The van der Waals surface area contributed by atoms with E-state index in [-0.39, 0.29) is 0 Å². The van der Waals surface area contributed by atoms with Gasteiger partial charge in [0.25, 0.3) is 0 Å². The first-order valence-electron chi connectivity index (χ1n) is 8.53. The molecular weight excluding hydrogens is 266 g/mol. The third kappa shape index (κ3) is 2.96. The summed E-state index contributed by atoms with van der Waals surface area (Å²) in [5, 5.41) is 3.86. The second-order valence-corrected chi connectivity index (χ2v) is 6.93. The minimum Gasteiger partial charge on any atom is -0.303 e. The van der Waals surface area contributed by atoms with Gasteiger partial charge in [0.05, 0.1) is 6.04 Å². The number of rotatable bonds is 3. The molecule has 0 saturated carbocycles. The highest BCUT2D eigenvalue weighted by atomic mass is 15.0. The smallest absolute Gasteiger partial charge is 0.0581 e. The molecular formula is C21H27N. The second-order valence-electron chi connectivity index (χ2n) is 6.93. The number of aryl methyl sites for hydroxylation is 1. The van der Waals surface area contributed by atoms with Gasteiger partial charge in [-0.05, 0) is 47.9 Å². The Balaban J connectivity index is 2.06. The van der Waals surface area contributed by atoms with Gasteiger partial charge in [-0.3, -0.25) is 0 Å². The van der Waals surface area contributed by atoms with Crippen LogP contribution in [0.5, 0.6) is 0 Å². The highest BCUT2D eigenvalue weighted by molar-refractivity contribution is 5.43. The lowest BCUT2D eigenvalue weighted by Crippen LogP contribution is -2.39. The molecule has 0 fully saturated rings. The van der Waals surface area contributed by atoms with Crippen molar-refractivity contribution in [2.45, 2.75) is 58.5 Å². The van der Waals surface area contributed by atoms with Crippen LogP contribution < -0.4 is 5.32 Å². The molecule has 2 atom stereocenters. The molecule has 1 aliphatic heterocycles. The van der Waals surface area contributed by atoms with E-state index in [1.165, 1.54) is 34.2 Å². The van der Waals surface area contributed by atoms with E-state index in [1.807, 2.05) is 0 Å². The number of hydrogen-bond acceptors (Lipinski definition) is 1. The van der Waals surface area contributed by atoms with Crippen LogP contribution in [0, 0.1) is 6.92 Å². The first kappa shape index (κ1) is 15.3. The van der Waals surface area contributed by atoms with Crippen LogP contribution >= 0.6 is 0 Å². The summed E-state index contributed by atoms with van der Waals surface area (Å²) in [5.74, 6) is 0.577. The average molecular weight is 293 g/mol. The highest BCUT2D eigenvalue weighted by Crippen LogP contribution is 2.33. The molecule has 2 aromatic rings. The van der Waals surface area contributed by atoms with Gasteiger partial charge in [0.15, 0.2) is 0 Å². The quantitative estimate of drug-likeness (QED) is 0.827. The van der Waals surface area contributed by atoms with Gasteiger partial charge >= 0.3 is 0 Å². The summed E-state index contributed by atoms with van der Waals surface area (Å²) >= 11 is 0. The summed E-state index contributed by atoms with van der Waals surface area (Å²) in [7, 11) is 0. The molecule has 1 heteroatoms. The van der Waals surface area contributed by atoms with Crippen LogP contribution in [0.2, 0.25) is 0 Å². The molecule has 0 saturated heterocycles. The van der Waals surface area contributed by atoms with Gasteiger partial charge in [-0.25, -0.2) is 0 Å². The summed E-state index contributed by atoms with van der Waals surface area (Å²) in [5.41, 5.74) is 7.13. The predicted molar refractivity (Wildman–Crippen MR) is 94.5 cm³/mol. The van der Waals surface area contributed by atoms with Gasteiger partial charge in [-0.2, -0.15) is 0 Å². The molecule has 0 spiro atoms. The lowest BCUT2D eigenvalue weighted by Gasteiger charge is -2.34. The SMILES string of the molecule is CCC1Cc2ccc(C(C)C)cc2C(c2ccc(C)cc2)N1. The third-order valence-electron chi connectivity index (χ3n) is 4.92. The summed E-state index contributed by atoms with van der Waals surface area (Å²) < 4.78 is 0. The fourth-order valence-electron chi connectivity index (χ4n) is 3.37. The van der Waals surface area contributed by atoms with Crippen LogP contribution in [-0.2, 0) is 6.42 Å². The van der Waals surface area contributed by atoms with E-state index < -0.39 is 0 Å². The summed E-state index contributed by atoms with van der Waals surface area (Å²) in [6, 6.07) is 17.0. The maximum atomic E-state index is 3.86. The number of benzene rings is 2. The van der Waals surface area contributed by atoms with Crippen LogP contribution in [0.3, 0.4) is 0 Å². The predicted octanol–water partition coefficient (Wildman–Crippen LogP) is 5.13. The number of hydrogen-bond donors (Lipinski definition) is 1. The molecule has 3 rings (SSSR count). The number of fused-ring (bicyclic) bond motifs is 1. The summed E-state index contributed by atoms with van der Waals surface area (Å²) in [6.07, 6.45) is 2.32. The fraction of sp³-hybridized carbons (Fsp3) is 0.429. The van der Waals surface area contributed by atoms with Crippen molar-refractivity contribution in [3.63, 3.8) is 0 Å². The molecule has 1 nitrogen and oxygen atoms in total. The Labute approximate surface area is 134 Å². The van der Waals surface area contributed by atoms with Crippen molar-refractivity contribution in [2.75, 3.05) is 0 Å². The molecule has 22 heavy (non-hydrogen) atoms. The molecule has 0 aromatic heterocycles. The van der Waals surface area contributed by atoms with Crippen molar-refractivity contribution in [1.29, 1.82) is 0 Å². The highest BCUT2D eigenvalue weighted by Gasteiger charge is 2.26. The van der Waals surface area contributed by atoms with E-state index in [9.17, 15) is 0 Å². The van der Waals surface area contributed by atoms with Crippen LogP contribution in [0.1, 0.15) is 67.0 Å². The Morgan fingerprint density at radius 3 is 2.45 bits per heavy atom. The second kappa shape index (κ2) is 6.26. The molecule has 0 bridgehead atoms. The largest absolute Gasteiger partial charge is 0.303 e. The lowest BCUT2D eigenvalue weighted by molar-refractivity contribution is 0.427. The maximum Gasteiger partial charge on any atom is 0.0581 e. The molecule has 2 aromatic carbocycles. The first-order chi connectivity index (χ1) is 10.6. The Morgan fingerprint density at radius 1 is 1.09 bits per heavy atom. The molecule has 0 amide bonds. The summed E-state index contributed by atoms with van der Waals surface area (Å²) in [6.45, 7) is 8.97. The molecule has 0 aliphatic carbocycles. The van der Waals surface area contributed by atoms with Crippen LogP contribution in [0.4, 0.5) is 0 Å². The summed E-state index contributed by atoms with van der Waals surface area (Å²) in [4.78, 5) is 0. The Morgan fingerprint density at radius 2 is 1.82 bits per heavy atom. The maximum absolute atomic E-state index is 3.86. The van der Waals surface area contributed by atoms with E-state index in [2.05, 4.69) is 75.5 Å². The molecule has 1 heterocycles. The van der Waals surface area contributed by atoms with Crippen molar-refractivity contribution in [3.8, 4) is 0 Å². The molecule has 1 N–H and O–H groups in total. The van der Waals surface area contributed by atoms with E-state index in [1.54, 1.807) is 0 Å². The van der Waals surface area contributed by atoms with Crippen LogP contribution in [-0.4, -0.2) is 6.04 Å². The molecule has 1 aliphatic rings. The van der Waals surface area contributed by atoms with Crippen molar-refractivity contribution >= 4 is 0 Å². The normalized spacial score (nSPS) is 21.0. The monoisotopic (exact) mass is 293 g/mol. The third-order valence-corrected chi connectivity index (χ3v) is 4.92. The van der Waals surface area contributed by atoms with E-state index >= 15 is 0 Å². The van der Waals surface area contributed by atoms with Crippen LogP contribution in [0.25, 0.3) is 0 Å². The van der Waals surface area contributed by atoms with Crippen molar-refractivity contribution in [3.05, 3.63) is 70.3 Å². The zero-order valence-corrected chi connectivity index (χ0v) is 14.2. The van der Waals surface area contributed by atoms with Crippen molar-refractivity contribution < 1.29 is 0 Å². The van der Waals surface area contributed by atoms with Gasteiger partial charge in [0, 0.05) is 6.04 Å². The minimum absolute atomic E-state index is 0.327. The van der Waals surface area contributed by atoms with Gasteiger partial charge in [-0.1, -0.05) is 68.8 Å². The Bertz CT molecular complexity index is 639. The Hall–Kier alpha value is -1.60. The minimum atomic E-state index is 0.327. The van der Waals surface area contributed by atoms with Gasteiger partial charge in [0.1, 0.15) is 0 Å². The standard InChI is InChI=1S/C21H27N/c1-5-19-12-18-11-10-17(14(2)3)13-20(18)21(22-19)16-8-6-15(4)7-9-16/h6-11,13-14,19,21-22H,5,12H2,1-4H3. The zero-order valence-electron chi connectivity index (χ0n) is 14.2. The lowest BCUT2D eigenvalue weighted by atomic mass is 9.83. The topological polar surface area (TPSA) is 12.0 Å². The van der Waals surface area contributed by atoms with E-state index in [0.717, 1.165) is 6.42 Å². The molecule has 2 unspecified atom stereocenters. The van der Waals surface area contributed by atoms with E-state index in [4.69, 9.17) is 0 Å².